The number of imidazole rings is 1. The van der Waals surface area contributed by atoms with Gasteiger partial charge in [0.2, 0.25) is 0 Å². The number of aromatic nitrogens is 4. The molecule has 0 amide bonds. The van der Waals surface area contributed by atoms with Crippen LogP contribution in [0.4, 0.5) is 0 Å². The predicted octanol–water partition coefficient (Wildman–Crippen LogP) is -1.98. The van der Waals surface area contributed by atoms with Crippen LogP contribution in [-0.2, 0) is 4.74 Å². The predicted molar refractivity (Wildman–Crippen MR) is 68.8 cm³/mol. The quantitative estimate of drug-likeness (QED) is 0.409. The van der Waals surface area contributed by atoms with Gasteiger partial charge < -0.3 is 20.1 Å². The highest BCUT2D eigenvalue weighted by Gasteiger charge is 2.43. The van der Waals surface area contributed by atoms with Gasteiger partial charge in [-0.25, -0.2) is 9.97 Å². The van der Waals surface area contributed by atoms with Crippen LogP contribution in [0, 0.1) is 5.41 Å². The van der Waals surface area contributed by atoms with Crippen molar-refractivity contribution in [2.75, 3.05) is 6.61 Å². The zero-order valence-electron chi connectivity index (χ0n) is 10.2. The van der Waals surface area contributed by atoms with Crippen LogP contribution in [0.15, 0.2) is 12.7 Å². The minimum Gasteiger partial charge on any atom is -0.394 e. The van der Waals surface area contributed by atoms with Crippen molar-refractivity contribution in [1.82, 2.24) is 18.5 Å². The van der Waals surface area contributed by atoms with Gasteiger partial charge in [0, 0.05) is 0 Å². The maximum absolute atomic E-state index is 9.98. The van der Waals surface area contributed by atoms with Gasteiger partial charge in [0.15, 0.2) is 22.9 Å². The fourth-order valence-electron chi connectivity index (χ4n) is 2.22. The topological polar surface area (TPSA) is 129 Å². The molecule has 3 rings (SSSR count). The van der Waals surface area contributed by atoms with Crippen LogP contribution in [0.2, 0.25) is 0 Å². The second-order valence-electron chi connectivity index (χ2n) is 4.49. The molecule has 1 saturated heterocycles. The molecule has 1 fully saturated rings. The summed E-state index contributed by atoms with van der Waals surface area (Å²) in [6, 6.07) is 0. The Bertz CT molecular complexity index is 701. The molecule has 0 unspecified atom stereocenters. The van der Waals surface area contributed by atoms with E-state index < -0.39 is 31.1 Å². The number of aliphatic hydroxyl groups excluding tert-OH is 3. The smallest absolute Gasteiger partial charge is 0.167 e. The lowest BCUT2D eigenvalue weighted by atomic mass is 10.1. The molecule has 0 bridgehead atoms. The van der Waals surface area contributed by atoms with Crippen LogP contribution in [0.25, 0.3) is 11.2 Å². The third kappa shape index (κ3) is 1.84. The van der Waals surface area contributed by atoms with Crippen molar-refractivity contribution in [3.05, 3.63) is 18.1 Å². The van der Waals surface area contributed by atoms with Gasteiger partial charge in [-0.15, -0.1) is 0 Å². The minimum atomic E-state index is -1.22. The molecular weight excluding hydrogens is 286 g/mol. The SMILES string of the molecule is N=c1c2ncn([C@@H]3O[C@H](CO)[C@@H](O)[C@H]3O)c2ncn1S. The Morgan fingerprint density at radius 3 is 2.70 bits per heavy atom. The number of nitrogens with one attached hydrogen (secondary N) is 1. The first-order chi connectivity index (χ1) is 9.54. The van der Waals surface area contributed by atoms with E-state index in [0.717, 1.165) is 0 Å². The Labute approximate surface area is 118 Å². The van der Waals surface area contributed by atoms with E-state index in [-0.39, 0.29) is 5.49 Å². The van der Waals surface area contributed by atoms with Gasteiger partial charge in [0.1, 0.15) is 24.6 Å². The number of fused-ring (bicyclic) bond motifs is 1. The molecule has 3 heterocycles. The number of hydrogen-bond donors (Lipinski definition) is 5. The largest absolute Gasteiger partial charge is 0.394 e. The lowest BCUT2D eigenvalue weighted by Crippen LogP contribution is -2.33. The molecule has 1 aliphatic rings. The monoisotopic (exact) mass is 299 g/mol. The molecule has 108 valence electrons. The number of rotatable bonds is 2. The summed E-state index contributed by atoms with van der Waals surface area (Å²) < 4.78 is 8.03. The van der Waals surface area contributed by atoms with Crippen molar-refractivity contribution in [2.45, 2.75) is 24.5 Å². The molecule has 0 aromatic carbocycles. The molecule has 4 atom stereocenters. The van der Waals surface area contributed by atoms with Gasteiger partial charge in [-0.1, -0.05) is 12.8 Å². The molecule has 4 N–H and O–H groups in total. The van der Waals surface area contributed by atoms with E-state index in [4.69, 9.17) is 15.3 Å². The fourth-order valence-corrected chi connectivity index (χ4v) is 2.37. The van der Waals surface area contributed by atoms with Gasteiger partial charge >= 0.3 is 0 Å². The Morgan fingerprint density at radius 2 is 2.05 bits per heavy atom. The number of ether oxygens (including phenoxy) is 1. The van der Waals surface area contributed by atoms with Crippen molar-refractivity contribution >= 4 is 24.0 Å². The summed E-state index contributed by atoms with van der Waals surface area (Å²) in [7, 11) is 0. The van der Waals surface area contributed by atoms with Gasteiger partial charge in [-0.05, 0) is 0 Å². The zero-order valence-corrected chi connectivity index (χ0v) is 11.1. The van der Waals surface area contributed by atoms with E-state index >= 15 is 0 Å². The van der Waals surface area contributed by atoms with E-state index in [0.29, 0.717) is 11.2 Å². The van der Waals surface area contributed by atoms with Crippen LogP contribution in [0.5, 0.6) is 0 Å². The first-order valence-electron chi connectivity index (χ1n) is 5.85. The van der Waals surface area contributed by atoms with Crippen LogP contribution in [-0.4, -0.2) is 58.7 Å². The minimum absolute atomic E-state index is 0.0452. The molecule has 20 heavy (non-hydrogen) atoms. The lowest BCUT2D eigenvalue weighted by molar-refractivity contribution is -0.0511. The second-order valence-corrected chi connectivity index (χ2v) is 4.92. The van der Waals surface area contributed by atoms with Crippen molar-refractivity contribution in [3.8, 4) is 0 Å². The standard InChI is InChI=1S/C10H13N5O4S/c11-8-5-9(13-3-15(8)20)14(2-12-5)10-7(18)6(17)4(1-16)19-10/h2-4,6-7,10-11,16-18,20H,1H2/t4-,6-,7-,10-/m1/s1. The highest BCUT2D eigenvalue weighted by Crippen LogP contribution is 2.30. The number of aliphatic hydroxyl groups is 3. The van der Waals surface area contributed by atoms with E-state index in [1.165, 1.54) is 21.2 Å². The number of nitrogens with zero attached hydrogens (tertiary/aromatic N) is 4. The molecular formula is C10H13N5O4S. The first-order valence-corrected chi connectivity index (χ1v) is 6.25. The summed E-state index contributed by atoms with van der Waals surface area (Å²) in [5.41, 5.74) is 0.666. The van der Waals surface area contributed by atoms with Crippen LogP contribution in [0.1, 0.15) is 6.23 Å². The average molecular weight is 299 g/mol. The summed E-state index contributed by atoms with van der Waals surface area (Å²) in [5, 5.41) is 36.6. The van der Waals surface area contributed by atoms with Crippen LogP contribution < -0.4 is 5.49 Å². The Hall–Kier alpha value is -1.46. The molecule has 0 saturated carbocycles. The Balaban J connectivity index is 2.08. The highest BCUT2D eigenvalue weighted by atomic mass is 32.1. The highest BCUT2D eigenvalue weighted by molar-refractivity contribution is 7.78. The van der Waals surface area contributed by atoms with Gasteiger partial charge in [0.25, 0.3) is 0 Å². The van der Waals surface area contributed by atoms with Crippen molar-refractivity contribution in [2.24, 2.45) is 0 Å². The molecule has 0 spiro atoms. The van der Waals surface area contributed by atoms with Crippen molar-refractivity contribution in [3.63, 3.8) is 0 Å². The first kappa shape index (κ1) is 13.5. The van der Waals surface area contributed by atoms with E-state index in [9.17, 15) is 10.2 Å². The molecule has 1 aliphatic heterocycles. The normalized spacial score (nSPS) is 30.2. The summed E-state index contributed by atoms with van der Waals surface area (Å²) in [6.45, 7) is -0.408. The Kier molecular flexibility index (Phi) is 3.26. The molecule has 0 aliphatic carbocycles. The van der Waals surface area contributed by atoms with Gasteiger partial charge in [0.05, 0.1) is 12.9 Å². The summed E-state index contributed by atoms with van der Waals surface area (Å²) in [6.07, 6.45) is -1.52. The van der Waals surface area contributed by atoms with Gasteiger partial charge in [-0.2, -0.15) is 0 Å². The summed E-state index contributed by atoms with van der Waals surface area (Å²) >= 11 is 4.02. The zero-order chi connectivity index (χ0) is 14.4. The molecule has 9 nitrogen and oxygen atoms in total. The summed E-state index contributed by atoms with van der Waals surface area (Å²) in [5.74, 6) is 0. The van der Waals surface area contributed by atoms with E-state index in [1.54, 1.807) is 0 Å². The number of thiol groups is 1. The molecule has 10 heteroatoms. The van der Waals surface area contributed by atoms with Gasteiger partial charge in [-0.3, -0.25) is 13.9 Å². The molecule has 2 aromatic rings. The van der Waals surface area contributed by atoms with E-state index in [2.05, 4.69) is 22.8 Å². The molecule has 0 radical (unpaired) electrons. The van der Waals surface area contributed by atoms with Crippen LogP contribution in [0.3, 0.4) is 0 Å². The van der Waals surface area contributed by atoms with Crippen LogP contribution >= 0.6 is 12.8 Å². The maximum Gasteiger partial charge on any atom is 0.167 e. The van der Waals surface area contributed by atoms with Crippen molar-refractivity contribution < 1.29 is 20.1 Å². The third-order valence-electron chi connectivity index (χ3n) is 3.30. The number of hydrogen-bond acceptors (Lipinski definition) is 8. The molecule has 2 aromatic heterocycles. The average Bonchev–Trinajstić information content (AvgIpc) is 2.98. The summed E-state index contributed by atoms with van der Waals surface area (Å²) in [4.78, 5) is 8.13. The Morgan fingerprint density at radius 1 is 1.30 bits per heavy atom. The third-order valence-corrected chi connectivity index (χ3v) is 3.60. The fraction of sp³-hybridized carbons (Fsp3) is 0.500. The van der Waals surface area contributed by atoms with E-state index in [1.807, 2.05) is 0 Å². The second kappa shape index (κ2) is 4.82. The maximum atomic E-state index is 9.98. The van der Waals surface area contributed by atoms with Crippen molar-refractivity contribution in [1.29, 1.82) is 5.41 Å². The lowest BCUT2D eigenvalue weighted by Gasteiger charge is -2.16.